The Bertz CT molecular complexity index is 690. The smallest absolute Gasteiger partial charge is 0.325 e. The number of hydrogen-bond donors (Lipinski definition) is 7. The number of carbonyl (C=O) groups is 6. The predicted molar refractivity (Wildman–Crippen MR) is 112 cm³/mol. The van der Waals surface area contributed by atoms with Gasteiger partial charge in [0.25, 0.3) is 0 Å². The molecule has 0 aromatic carbocycles. The van der Waals surface area contributed by atoms with E-state index in [1.165, 1.54) is 18.7 Å². The number of amides is 5. The molecule has 0 aliphatic carbocycles. The van der Waals surface area contributed by atoms with Crippen molar-refractivity contribution in [2.45, 2.75) is 56.8 Å². The van der Waals surface area contributed by atoms with Crippen molar-refractivity contribution in [1.82, 2.24) is 16.0 Å². The molecule has 0 rings (SSSR count). The van der Waals surface area contributed by atoms with Crippen molar-refractivity contribution in [1.29, 1.82) is 0 Å². The maximum atomic E-state index is 12.7. The molecule has 0 aliphatic rings. The number of hydrogen-bond acceptors (Lipinski definition) is 8. The largest absolute Gasteiger partial charge is 0.480 e. The molecule has 13 nitrogen and oxygen atoms in total. The molecule has 0 aromatic heterocycles. The van der Waals surface area contributed by atoms with Gasteiger partial charge in [-0.25, -0.2) is 0 Å². The monoisotopic (exact) mass is 462 g/mol. The lowest BCUT2D eigenvalue weighted by atomic mass is 10.1. The Morgan fingerprint density at radius 2 is 1.42 bits per heavy atom. The van der Waals surface area contributed by atoms with Crippen molar-refractivity contribution in [2.75, 3.05) is 12.0 Å². The molecule has 4 unspecified atom stereocenters. The van der Waals surface area contributed by atoms with Crippen molar-refractivity contribution < 1.29 is 33.9 Å². The molecule has 176 valence electrons. The molecule has 14 heteroatoms. The summed E-state index contributed by atoms with van der Waals surface area (Å²) in [7, 11) is 0. The van der Waals surface area contributed by atoms with Gasteiger partial charge in [0.15, 0.2) is 0 Å². The van der Waals surface area contributed by atoms with Crippen LogP contribution in [0.15, 0.2) is 0 Å². The predicted octanol–water partition coefficient (Wildman–Crippen LogP) is -3.23. The lowest BCUT2D eigenvalue weighted by Gasteiger charge is -2.24. The van der Waals surface area contributed by atoms with Crippen molar-refractivity contribution in [2.24, 2.45) is 17.2 Å². The Hall–Kier alpha value is -2.87. The summed E-state index contributed by atoms with van der Waals surface area (Å²) in [6.45, 7) is 1.21. The molecule has 10 N–H and O–H groups in total. The van der Waals surface area contributed by atoms with Gasteiger partial charge in [0, 0.05) is 6.42 Å². The van der Waals surface area contributed by atoms with Crippen LogP contribution in [0, 0.1) is 0 Å². The number of carbonyl (C=O) groups excluding carboxylic acids is 5. The summed E-state index contributed by atoms with van der Waals surface area (Å²) in [6, 6.07) is -4.89. The summed E-state index contributed by atoms with van der Waals surface area (Å²) >= 11 is 1.40. The van der Waals surface area contributed by atoms with E-state index < -0.39 is 66.1 Å². The van der Waals surface area contributed by atoms with Crippen LogP contribution >= 0.6 is 11.8 Å². The first-order valence-corrected chi connectivity index (χ1v) is 10.7. The minimum Gasteiger partial charge on any atom is -0.480 e. The first-order chi connectivity index (χ1) is 14.4. The second-order valence-corrected chi connectivity index (χ2v) is 7.74. The lowest BCUT2D eigenvalue weighted by molar-refractivity contribution is -0.142. The molecule has 0 heterocycles. The van der Waals surface area contributed by atoms with Gasteiger partial charge < -0.3 is 38.3 Å². The van der Waals surface area contributed by atoms with Gasteiger partial charge in [-0.1, -0.05) is 0 Å². The highest BCUT2D eigenvalue weighted by molar-refractivity contribution is 7.98. The average molecular weight is 463 g/mol. The van der Waals surface area contributed by atoms with Gasteiger partial charge in [0.05, 0.1) is 12.5 Å². The first-order valence-electron chi connectivity index (χ1n) is 9.34. The number of rotatable bonds is 15. The van der Waals surface area contributed by atoms with E-state index in [1.54, 1.807) is 6.26 Å². The van der Waals surface area contributed by atoms with Crippen LogP contribution in [0.2, 0.25) is 0 Å². The van der Waals surface area contributed by atoms with Crippen LogP contribution < -0.4 is 33.2 Å². The summed E-state index contributed by atoms with van der Waals surface area (Å²) in [5.41, 5.74) is 15.8. The summed E-state index contributed by atoms with van der Waals surface area (Å²) in [6.07, 6.45) is 1.26. The third kappa shape index (κ3) is 11.8. The zero-order valence-electron chi connectivity index (χ0n) is 17.4. The molecular formula is C17H30N6O7S. The second-order valence-electron chi connectivity index (χ2n) is 6.75. The topological polar surface area (TPSA) is 237 Å². The van der Waals surface area contributed by atoms with Crippen LogP contribution in [-0.4, -0.2) is 76.8 Å². The van der Waals surface area contributed by atoms with Crippen LogP contribution in [-0.2, 0) is 28.8 Å². The molecule has 4 atom stereocenters. The molecule has 5 amide bonds. The van der Waals surface area contributed by atoms with Crippen LogP contribution in [0.5, 0.6) is 0 Å². The molecule has 0 spiro atoms. The van der Waals surface area contributed by atoms with Gasteiger partial charge in [-0.2, -0.15) is 11.8 Å². The van der Waals surface area contributed by atoms with Gasteiger partial charge in [0.1, 0.15) is 18.1 Å². The van der Waals surface area contributed by atoms with E-state index in [9.17, 15) is 28.8 Å². The zero-order chi connectivity index (χ0) is 24.1. The normalized spacial score (nSPS) is 14.4. The Balaban J connectivity index is 5.29. The third-order valence-corrected chi connectivity index (χ3v) is 4.69. The molecular weight excluding hydrogens is 432 g/mol. The van der Waals surface area contributed by atoms with Gasteiger partial charge in [0.2, 0.25) is 29.5 Å². The highest BCUT2D eigenvalue weighted by Crippen LogP contribution is 2.04. The van der Waals surface area contributed by atoms with Crippen molar-refractivity contribution in [3.05, 3.63) is 0 Å². The van der Waals surface area contributed by atoms with Gasteiger partial charge in [-0.15, -0.1) is 0 Å². The maximum absolute atomic E-state index is 12.7. The molecule has 0 aliphatic heterocycles. The van der Waals surface area contributed by atoms with E-state index >= 15 is 0 Å². The number of nitrogens with one attached hydrogen (secondary N) is 3. The van der Waals surface area contributed by atoms with Crippen molar-refractivity contribution in [3.63, 3.8) is 0 Å². The third-order valence-electron chi connectivity index (χ3n) is 4.05. The fourth-order valence-electron chi connectivity index (χ4n) is 2.27. The summed E-state index contributed by atoms with van der Waals surface area (Å²) in [5.74, 6) is -4.77. The number of aliphatic carboxylic acids is 1. The van der Waals surface area contributed by atoms with E-state index in [0.29, 0.717) is 5.75 Å². The van der Waals surface area contributed by atoms with Crippen LogP contribution in [0.3, 0.4) is 0 Å². The second kappa shape index (κ2) is 14.2. The summed E-state index contributed by atoms with van der Waals surface area (Å²) < 4.78 is 0. The molecule has 0 saturated heterocycles. The molecule has 0 fully saturated rings. The quantitative estimate of drug-likeness (QED) is 0.129. The number of nitrogens with two attached hydrogens (primary N) is 3. The fourth-order valence-corrected chi connectivity index (χ4v) is 2.74. The Kier molecular flexibility index (Phi) is 12.9. The Morgan fingerprint density at radius 1 is 0.871 bits per heavy atom. The standard InChI is InChI=1S/C17H30N6O7S/c1-8(17(29)30)21-16(28)11(7-13(20)25)23-15(27)10(5-6-31-2)22-14(26)9(18)3-4-12(19)24/h8-11H,3-7,18H2,1-2H3,(H2,19,24)(H2,20,25)(H,21,28)(H,22,26)(H,23,27)(H,29,30). The SMILES string of the molecule is CSCCC(NC(=O)C(N)CCC(N)=O)C(=O)NC(CC(N)=O)C(=O)NC(C)C(=O)O. The number of carboxylic acids is 1. The summed E-state index contributed by atoms with van der Waals surface area (Å²) in [5, 5.41) is 15.8. The molecule has 0 radical (unpaired) electrons. The van der Waals surface area contributed by atoms with Crippen LogP contribution in [0.1, 0.15) is 32.6 Å². The van der Waals surface area contributed by atoms with Crippen molar-refractivity contribution in [3.8, 4) is 0 Å². The van der Waals surface area contributed by atoms with Gasteiger partial charge in [-0.3, -0.25) is 28.8 Å². The fraction of sp³-hybridized carbons (Fsp3) is 0.647. The minimum absolute atomic E-state index is 0.0161. The van der Waals surface area contributed by atoms with Crippen molar-refractivity contribution >= 4 is 47.3 Å². The lowest BCUT2D eigenvalue weighted by Crippen LogP contribution is -2.57. The van der Waals surface area contributed by atoms with E-state index in [-0.39, 0.29) is 19.3 Å². The Morgan fingerprint density at radius 3 is 1.90 bits per heavy atom. The summed E-state index contributed by atoms with van der Waals surface area (Å²) in [4.78, 5) is 70.3. The first kappa shape index (κ1) is 28.1. The van der Waals surface area contributed by atoms with Gasteiger partial charge >= 0.3 is 5.97 Å². The Labute approximate surface area is 183 Å². The van der Waals surface area contributed by atoms with Crippen LogP contribution in [0.25, 0.3) is 0 Å². The molecule has 0 bridgehead atoms. The minimum atomic E-state index is -1.44. The van der Waals surface area contributed by atoms with E-state index in [0.717, 1.165) is 0 Å². The number of carboxylic acid groups (broad SMARTS) is 1. The van der Waals surface area contributed by atoms with Crippen LogP contribution in [0.4, 0.5) is 0 Å². The maximum Gasteiger partial charge on any atom is 0.325 e. The highest BCUT2D eigenvalue weighted by atomic mass is 32.2. The van der Waals surface area contributed by atoms with E-state index in [1.807, 2.05) is 0 Å². The molecule has 0 saturated carbocycles. The van der Waals surface area contributed by atoms with Gasteiger partial charge in [-0.05, 0) is 31.8 Å². The number of thioether (sulfide) groups is 1. The molecule has 31 heavy (non-hydrogen) atoms. The van der Waals surface area contributed by atoms with E-state index in [2.05, 4.69) is 16.0 Å². The number of primary amides is 2. The zero-order valence-corrected chi connectivity index (χ0v) is 18.2. The average Bonchev–Trinajstić information content (AvgIpc) is 2.67. The molecule has 0 aromatic rings. The van der Waals surface area contributed by atoms with E-state index in [4.69, 9.17) is 22.3 Å². The highest BCUT2D eigenvalue weighted by Gasteiger charge is 2.30.